The zero-order valence-electron chi connectivity index (χ0n) is 15.4. The quantitative estimate of drug-likeness (QED) is 0.785. The third-order valence-electron chi connectivity index (χ3n) is 4.83. The molecule has 0 unspecified atom stereocenters. The Bertz CT molecular complexity index is 751. The predicted octanol–water partition coefficient (Wildman–Crippen LogP) is 3.17. The van der Waals surface area contributed by atoms with E-state index in [9.17, 15) is 4.79 Å². The van der Waals surface area contributed by atoms with E-state index >= 15 is 0 Å². The number of hydrogen-bond acceptors (Lipinski definition) is 3. The van der Waals surface area contributed by atoms with Crippen molar-refractivity contribution in [2.75, 3.05) is 13.2 Å². The summed E-state index contributed by atoms with van der Waals surface area (Å²) < 4.78 is 7.76. The number of aryl methyl sites for hydroxylation is 3. The van der Waals surface area contributed by atoms with E-state index in [0.717, 1.165) is 37.1 Å². The average molecular weight is 341 g/mol. The minimum absolute atomic E-state index is 0.209. The number of ether oxygens (including phenoxy) is 1. The number of fused-ring (bicyclic) bond motifs is 1. The number of carbonyl (C=O) groups is 1. The Morgan fingerprint density at radius 2 is 2.16 bits per heavy atom. The predicted molar refractivity (Wildman–Crippen MR) is 97.6 cm³/mol. The van der Waals surface area contributed by atoms with E-state index < -0.39 is 0 Å². The number of aromatic nitrogens is 2. The first-order chi connectivity index (χ1) is 12.0. The Morgan fingerprint density at radius 3 is 2.96 bits per heavy atom. The second-order valence-electron chi connectivity index (χ2n) is 6.88. The van der Waals surface area contributed by atoms with Crippen LogP contribution in [0, 0.1) is 13.8 Å². The largest absolute Gasteiger partial charge is 0.493 e. The normalized spacial score (nSPS) is 14.1. The van der Waals surface area contributed by atoms with Gasteiger partial charge in [-0.05, 0) is 44.7 Å². The number of amides is 1. The molecule has 0 aliphatic carbocycles. The van der Waals surface area contributed by atoms with E-state index in [-0.39, 0.29) is 5.91 Å². The Morgan fingerprint density at radius 1 is 1.32 bits per heavy atom. The highest BCUT2D eigenvalue weighted by atomic mass is 16.5. The number of benzene rings is 1. The molecule has 1 aromatic heterocycles. The Kier molecular flexibility index (Phi) is 5.41. The van der Waals surface area contributed by atoms with Gasteiger partial charge in [-0.2, -0.15) is 5.10 Å². The van der Waals surface area contributed by atoms with Crippen molar-refractivity contribution in [1.82, 2.24) is 14.7 Å². The van der Waals surface area contributed by atoms with Crippen LogP contribution < -0.4 is 4.74 Å². The molecule has 1 aliphatic heterocycles. The first kappa shape index (κ1) is 17.5. The van der Waals surface area contributed by atoms with E-state index in [1.54, 1.807) is 0 Å². The molecular weight excluding hydrogens is 314 g/mol. The number of rotatable bonds is 5. The molecule has 0 atom stereocenters. The summed E-state index contributed by atoms with van der Waals surface area (Å²) in [4.78, 5) is 14.5. The van der Waals surface area contributed by atoms with Crippen LogP contribution in [0.25, 0.3) is 0 Å². The summed E-state index contributed by atoms with van der Waals surface area (Å²) in [6.07, 6.45) is 5.15. The highest BCUT2D eigenvalue weighted by Crippen LogP contribution is 2.20. The van der Waals surface area contributed by atoms with E-state index in [0.29, 0.717) is 19.6 Å². The first-order valence-electron chi connectivity index (χ1n) is 9.02. The molecule has 5 nitrogen and oxygen atoms in total. The fraction of sp³-hybridized carbons (Fsp3) is 0.500. The summed E-state index contributed by atoms with van der Waals surface area (Å²) in [5.41, 5.74) is 4.81. The molecule has 3 rings (SSSR count). The monoisotopic (exact) mass is 341 g/mol. The highest BCUT2D eigenvalue weighted by molar-refractivity contribution is 5.76. The maximum atomic E-state index is 12.5. The van der Waals surface area contributed by atoms with Crippen molar-refractivity contribution < 1.29 is 9.53 Å². The van der Waals surface area contributed by atoms with Gasteiger partial charge in [-0.3, -0.25) is 9.48 Å². The van der Waals surface area contributed by atoms with Gasteiger partial charge in [0.05, 0.1) is 12.8 Å². The number of hydrogen-bond donors (Lipinski definition) is 0. The molecule has 0 radical (unpaired) electrons. The minimum atomic E-state index is 0.209. The third kappa shape index (κ3) is 4.21. The molecule has 1 amide bonds. The molecule has 134 valence electrons. The van der Waals surface area contributed by atoms with Gasteiger partial charge < -0.3 is 9.64 Å². The molecule has 0 N–H and O–H groups in total. The van der Waals surface area contributed by atoms with Crippen LogP contribution in [0.5, 0.6) is 5.75 Å². The van der Waals surface area contributed by atoms with Crippen LogP contribution in [-0.4, -0.2) is 33.7 Å². The van der Waals surface area contributed by atoms with Gasteiger partial charge in [0.2, 0.25) is 5.91 Å². The van der Waals surface area contributed by atoms with Crippen molar-refractivity contribution in [3.05, 3.63) is 46.8 Å². The zero-order chi connectivity index (χ0) is 17.8. The molecule has 1 aromatic carbocycles. The third-order valence-corrected chi connectivity index (χ3v) is 4.83. The molecule has 2 heterocycles. The van der Waals surface area contributed by atoms with Gasteiger partial charge in [0, 0.05) is 37.8 Å². The average Bonchev–Trinajstić information content (AvgIpc) is 2.81. The van der Waals surface area contributed by atoms with Crippen molar-refractivity contribution in [3.8, 4) is 5.75 Å². The van der Waals surface area contributed by atoms with Crippen LogP contribution in [0.2, 0.25) is 0 Å². The van der Waals surface area contributed by atoms with Gasteiger partial charge in [0.25, 0.3) is 0 Å². The van der Waals surface area contributed by atoms with Gasteiger partial charge in [0.1, 0.15) is 5.75 Å². The zero-order valence-corrected chi connectivity index (χ0v) is 15.4. The number of carbonyl (C=O) groups excluding carboxylic acids is 1. The second kappa shape index (κ2) is 7.72. The molecule has 25 heavy (non-hydrogen) atoms. The molecule has 0 fully saturated rings. The highest BCUT2D eigenvalue weighted by Gasteiger charge is 2.20. The van der Waals surface area contributed by atoms with E-state index in [4.69, 9.17) is 4.74 Å². The van der Waals surface area contributed by atoms with Gasteiger partial charge in [0.15, 0.2) is 0 Å². The van der Waals surface area contributed by atoms with Crippen LogP contribution in [0.3, 0.4) is 0 Å². The Balaban J connectivity index is 1.48. The molecule has 1 aliphatic rings. The molecular formula is C20H27N3O2. The lowest BCUT2D eigenvalue weighted by Gasteiger charge is -2.20. The van der Waals surface area contributed by atoms with Crippen LogP contribution in [0.1, 0.15) is 41.6 Å². The summed E-state index contributed by atoms with van der Waals surface area (Å²) in [6.45, 7) is 6.20. The van der Waals surface area contributed by atoms with Crippen molar-refractivity contribution in [2.24, 2.45) is 7.05 Å². The summed E-state index contributed by atoms with van der Waals surface area (Å²) in [5.74, 6) is 1.12. The first-order valence-corrected chi connectivity index (χ1v) is 9.02. The fourth-order valence-electron chi connectivity index (χ4n) is 3.42. The molecule has 0 saturated heterocycles. The SMILES string of the molecule is Cc1ccc(OCCCC(=O)N2CCCc3c(cnn3C)C2)c(C)c1. The summed E-state index contributed by atoms with van der Waals surface area (Å²) in [7, 11) is 1.97. The summed E-state index contributed by atoms with van der Waals surface area (Å²) >= 11 is 0. The molecule has 5 heteroatoms. The van der Waals surface area contributed by atoms with Gasteiger partial charge in [-0.15, -0.1) is 0 Å². The molecule has 0 saturated carbocycles. The summed E-state index contributed by atoms with van der Waals surface area (Å²) in [5, 5.41) is 4.32. The fourth-order valence-corrected chi connectivity index (χ4v) is 3.42. The van der Waals surface area contributed by atoms with Crippen LogP contribution in [0.4, 0.5) is 0 Å². The van der Waals surface area contributed by atoms with Gasteiger partial charge in [-0.1, -0.05) is 17.7 Å². The van der Waals surface area contributed by atoms with Crippen molar-refractivity contribution in [3.63, 3.8) is 0 Å². The minimum Gasteiger partial charge on any atom is -0.493 e. The standard InChI is InChI=1S/C20H27N3O2/c1-15-8-9-19(16(2)12-15)25-11-5-7-20(24)23-10-4-6-18-17(14-23)13-21-22(18)3/h8-9,12-13H,4-7,10-11,14H2,1-3H3. The van der Waals surface area contributed by atoms with Crippen LogP contribution >= 0.6 is 0 Å². The van der Waals surface area contributed by atoms with E-state index in [1.165, 1.54) is 16.8 Å². The van der Waals surface area contributed by atoms with Gasteiger partial charge in [-0.25, -0.2) is 0 Å². The maximum absolute atomic E-state index is 12.5. The van der Waals surface area contributed by atoms with E-state index in [1.807, 2.05) is 28.9 Å². The van der Waals surface area contributed by atoms with Crippen LogP contribution in [0.15, 0.2) is 24.4 Å². The second-order valence-corrected chi connectivity index (χ2v) is 6.88. The topological polar surface area (TPSA) is 47.4 Å². The molecule has 0 bridgehead atoms. The van der Waals surface area contributed by atoms with Crippen molar-refractivity contribution in [2.45, 2.75) is 46.1 Å². The maximum Gasteiger partial charge on any atom is 0.222 e. The summed E-state index contributed by atoms with van der Waals surface area (Å²) in [6, 6.07) is 6.17. The van der Waals surface area contributed by atoms with Crippen molar-refractivity contribution >= 4 is 5.91 Å². The smallest absolute Gasteiger partial charge is 0.222 e. The van der Waals surface area contributed by atoms with Crippen molar-refractivity contribution in [1.29, 1.82) is 0 Å². The number of nitrogens with zero attached hydrogens (tertiary/aromatic N) is 3. The lowest BCUT2D eigenvalue weighted by Crippen LogP contribution is -2.30. The van der Waals surface area contributed by atoms with Gasteiger partial charge >= 0.3 is 0 Å². The molecule has 2 aromatic rings. The molecule has 0 spiro atoms. The van der Waals surface area contributed by atoms with E-state index in [2.05, 4.69) is 31.1 Å². The lowest BCUT2D eigenvalue weighted by atomic mass is 10.1. The Hall–Kier alpha value is -2.30. The lowest BCUT2D eigenvalue weighted by molar-refractivity contribution is -0.132. The van der Waals surface area contributed by atoms with Crippen LogP contribution in [-0.2, 0) is 24.8 Å². The Labute approximate surface area is 149 Å².